The van der Waals surface area contributed by atoms with Gasteiger partial charge in [0.2, 0.25) is 0 Å². The van der Waals surface area contributed by atoms with Crippen LogP contribution in [0.25, 0.3) is 0 Å². The van der Waals surface area contributed by atoms with E-state index in [1.54, 1.807) is 0 Å². The van der Waals surface area contributed by atoms with E-state index in [1.165, 1.54) is 13.8 Å². The summed E-state index contributed by atoms with van der Waals surface area (Å²) in [5.41, 5.74) is 0. The van der Waals surface area contributed by atoms with E-state index in [9.17, 15) is 9.59 Å². The van der Waals surface area contributed by atoms with Crippen molar-refractivity contribution in [2.75, 3.05) is 0 Å². The van der Waals surface area contributed by atoms with Gasteiger partial charge in [0.05, 0.1) is 0 Å². The second-order valence-electron chi connectivity index (χ2n) is 1.56. The van der Waals surface area contributed by atoms with Gasteiger partial charge in [0.15, 0.2) is 0 Å². The van der Waals surface area contributed by atoms with Gasteiger partial charge in [-0.15, -0.1) is 0 Å². The van der Waals surface area contributed by atoms with Crippen molar-refractivity contribution in [1.82, 2.24) is 0 Å². The average molecular weight is 202 g/mol. The van der Waals surface area contributed by atoms with Crippen molar-refractivity contribution in [2.24, 2.45) is 0 Å². The number of carbonyl (C=O) groups is 2. The molecule has 0 aliphatic rings. The Morgan fingerprint density at radius 3 is 1.50 bits per heavy atom. The quantitative estimate of drug-likeness (QED) is 0.482. The van der Waals surface area contributed by atoms with E-state index in [-0.39, 0.29) is 11.6 Å². The molecule has 0 aliphatic carbocycles. The van der Waals surface area contributed by atoms with Crippen LogP contribution in [0.4, 0.5) is 0 Å². The van der Waals surface area contributed by atoms with Crippen LogP contribution in [0.15, 0.2) is 0 Å². The van der Waals surface area contributed by atoms with Crippen LogP contribution in [0.1, 0.15) is 13.8 Å². The number of carbonyl (C=O) groups excluding carboxylic acids is 2. The molecule has 48 valence electrons. The van der Waals surface area contributed by atoms with Crippen LogP contribution in [0.2, 0.25) is 4.51 Å². The molecule has 0 radical (unpaired) electrons. The van der Waals surface area contributed by atoms with Crippen molar-refractivity contribution in [2.45, 2.75) is 18.4 Å². The molecule has 0 aromatic heterocycles. The molecule has 0 aromatic carbocycles. The maximum absolute atomic E-state index is 10.3. The molecule has 0 spiro atoms. The van der Waals surface area contributed by atoms with Gasteiger partial charge >= 0.3 is 57.8 Å². The van der Waals surface area contributed by atoms with E-state index in [1.807, 2.05) is 0 Å². The second kappa shape index (κ2) is 3.08. The van der Waals surface area contributed by atoms with Crippen LogP contribution in [-0.2, 0) is 27.9 Å². The summed E-state index contributed by atoms with van der Waals surface area (Å²) < 4.78 is -0.517. The Labute approximate surface area is 58.3 Å². The molecular weight excluding hydrogens is 195 g/mol. The molecule has 0 bridgehead atoms. The number of hydrogen-bond donors (Lipinski definition) is 0. The van der Waals surface area contributed by atoms with Crippen LogP contribution in [-0.4, -0.2) is 11.6 Å². The third kappa shape index (κ3) is 2.32. The average Bonchev–Trinajstić information content (AvgIpc) is 1.64. The van der Waals surface area contributed by atoms with Gasteiger partial charge in [-0.25, -0.2) is 0 Å². The summed E-state index contributed by atoms with van der Waals surface area (Å²) in [6, 6.07) is 0. The predicted octanol–water partition coefficient (Wildman–Crippen LogP) is 0.500. The van der Waals surface area contributed by atoms with Gasteiger partial charge in [-0.1, -0.05) is 0 Å². The summed E-state index contributed by atoms with van der Waals surface area (Å²) in [5, 5.41) is 0. The van der Waals surface area contributed by atoms with Crippen molar-refractivity contribution in [1.29, 1.82) is 0 Å². The number of hydrogen-bond acceptors (Lipinski definition) is 2. The number of ketones is 2. The monoisotopic (exact) mass is 202 g/mol. The van der Waals surface area contributed by atoms with E-state index >= 15 is 0 Å². The molecule has 0 fully saturated rings. The first kappa shape index (κ1) is 7.96. The van der Waals surface area contributed by atoms with Crippen LogP contribution in [0.3, 0.4) is 0 Å². The van der Waals surface area contributed by atoms with Crippen molar-refractivity contribution in [3.05, 3.63) is 0 Å². The van der Waals surface area contributed by atoms with Gasteiger partial charge in [0.1, 0.15) is 0 Å². The fourth-order valence-electron chi connectivity index (χ4n) is 0.286. The standard InChI is InChI=1S/C5H7O2.Rh/c1-4(6)3-5(2)7;/h3H,1-2H3;. The zero-order chi connectivity index (χ0) is 6.73. The van der Waals surface area contributed by atoms with Gasteiger partial charge in [0.25, 0.3) is 0 Å². The van der Waals surface area contributed by atoms with Gasteiger partial charge in [-0.3, -0.25) is 0 Å². The summed E-state index contributed by atoms with van der Waals surface area (Å²) in [4.78, 5) is 20.7. The summed E-state index contributed by atoms with van der Waals surface area (Å²) in [5.74, 6) is -0.214. The van der Waals surface area contributed by atoms with Gasteiger partial charge in [0, 0.05) is 0 Å². The van der Waals surface area contributed by atoms with Gasteiger partial charge in [-0.05, 0) is 0 Å². The molecule has 0 heterocycles. The van der Waals surface area contributed by atoms with E-state index in [4.69, 9.17) is 0 Å². The van der Waals surface area contributed by atoms with Crippen LogP contribution >= 0.6 is 0 Å². The van der Waals surface area contributed by atoms with E-state index in [2.05, 4.69) is 18.3 Å². The molecule has 0 aromatic rings. The third-order valence-electron chi connectivity index (χ3n) is 0.678. The Hall–Kier alpha value is -0.0366. The van der Waals surface area contributed by atoms with Crippen LogP contribution < -0.4 is 0 Å². The molecule has 3 heteroatoms. The van der Waals surface area contributed by atoms with Crippen LogP contribution in [0.5, 0.6) is 0 Å². The van der Waals surface area contributed by atoms with E-state index in [0.717, 1.165) is 0 Å². The van der Waals surface area contributed by atoms with Crippen molar-refractivity contribution >= 4 is 11.6 Å². The zero-order valence-corrected chi connectivity index (χ0v) is 6.37. The topological polar surface area (TPSA) is 34.1 Å². The minimum absolute atomic E-state index is 0.107. The first-order valence-electron chi connectivity index (χ1n) is 2.18. The van der Waals surface area contributed by atoms with Crippen molar-refractivity contribution in [3.8, 4) is 0 Å². The molecule has 0 saturated heterocycles. The third-order valence-corrected chi connectivity index (χ3v) is 2.01. The fourth-order valence-corrected chi connectivity index (χ4v) is 0.286. The summed E-state index contributed by atoms with van der Waals surface area (Å²) in [7, 11) is 0. The van der Waals surface area contributed by atoms with Gasteiger partial charge < -0.3 is 0 Å². The molecule has 0 rings (SSSR count). The summed E-state index contributed by atoms with van der Waals surface area (Å²) in [6.45, 7) is 2.79. The Morgan fingerprint density at radius 1 is 1.25 bits per heavy atom. The first-order valence-corrected chi connectivity index (χ1v) is 3.12. The number of Topliss-reactive ketones (excluding diaryl/α,β-unsaturated/α-hetero) is 2. The Bertz CT molecular complexity index is 106. The fraction of sp³-hybridized carbons (Fsp3) is 0.600. The molecule has 0 amide bonds. The Morgan fingerprint density at radius 2 is 1.50 bits per heavy atom. The Kier molecular flexibility index (Phi) is 3.07. The zero-order valence-electron chi connectivity index (χ0n) is 4.73. The molecule has 0 aliphatic heterocycles. The van der Waals surface area contributed by atoms with Crippen molar-refractivity contribution < 1.29 is 27.9 Å². The predicted molar refractivity (Wildman–Crippen MR) is 25.1 cm³/mol. The van der Waals surface area contributed by atoms with Crippen LogP contribution in [0, 0.1) is 0 Å². The summed E-state index contributed by atoms with van der Waals surface area (Å²) >= 11 is 2.37. The summed E-state index contributed by atoms with van der Waals surface area (Å²) in [6.07, 6.45) is 0. The van der Waals surface area contributed by atoms with E-state index in [0.29, 0.717) is 0 Å². The Balaban J connectivity index is 3.83. The normalized spacial score (nSPS) is 9.62. The SMILES string of the molecule is CC(=O)[CH]([Rh])C(C)=O. The molecule has 0 atom stereocenters. The van der Waals surface area contributed by atoms with Gasteiger partial charge in [-0.2, -0.15) is 0 Å². The van der Waals surface area contributed by atoms with Crippen molar-refractivity contribution in [3.63, 3.8) is 0 Å². The first-order chi connectivity index (χ1) is 3.55. The maximum atomic E-state index is 10.3. The molecular formula is C5H7O2Rh. The molecule has 0 saturated carbocycles. The molecule has 2 nitrogen and oxygen atoms in total. The molecule has 0 N–H and O–H groups in total. The molecule has 8 heavy (non-hydrogen) atoms. The molecule has 0 unspecified atom stereocenters. The second-order valence-corrected chi connectivity index (χ2v) is 2.50. The minimum atomic E-state index is -0.517. The number of rotatable bonds is 2. The van der Waals surface area contributed by atoms with E-state index < -0.39 is 4.51 Å².